The minimum absolute atomic E-state index is 0. The fraction of sp³-hybridized carbons (Fsp3) is 0.500. The maximum atomic E-state index is 13.4. The van der Waals surface area contributed by atoms with Crippen molar-refractivity contribution in [1.29, 1.82) is 0 Å². The van der Waals surface area contributed by atoms with E-state index >= 15 is 0 Å². The van der Waals surface area contributed by atoms with Crippen molar-refractivity contribution in [3.05, 3.63) is 35.1 Å². The molecule has 1 fully saturated rings. The average Bonchev–Trinajstić information content (AvgIpc) is 3.04. The molecule has 0 spiro atoms. The summed E-state index contributed by atoms with van der Waals surface area (Å²) < 4.78 is 13.4. The lowest BCUT2D eigenvalue weighted by Gasteiger charge is -2.20. The summed E-state index contributed by atoms with van der Waals surface area (Å²) in [5.41, 5.74) is 0.875. The third-order valence-corrected chi connectivity index (χ3v) is 3.75. The predicted octanol–water partition coefficient (Wildman–Crippen LogP) is 2.15. The molecule has 2 N–H and O–H groups in total. The van der Waals surface area contributed by atoms with Crippen molar-refractivity contribution < 1.29 is 9.18 Å². The van der Waals surface area contributed by atoms with Gasteiger partial charge in [-0.3, -0.25) is 9.79 Å². The van der Waals surface area contributed by atoms with Crippen LogP contribution in [0.5, 0.6) is 0 Å². The molecule has 1 saturated heterocycles. The van der Waals surface area contributed by atoms with Crippen LogP contribution in [0.3, 0.4) is 0 Å². The SMILES string of the molecule is CN=C(NCCNC(=O)c1ccc(C)c(F)c1)N1CCCC1.I. The maximum Gasteiger partial charge on any atom is 0.251 e. The van der Waals surface area contributed by atoms with Crippen LogP contribution < -0.4 is 10.6 Å². The summed E-state index contributed by atoms with van der Waals surface area (Å²) in [5.74, 6) is 0.241. The van der Waals surface area contributed by atoms with Crippen LogP contribution >= 0.6 is 24.0 Å². The zero-order chi connectivity index (χ0) is 15.9. The van der Waals surface area contributed by atoms with Gasteiger partial charge in [0.05, 0.1) is 0 Å². The van der Waals surface area contributed by atoms with Crippen LogP contribution in [0.25, 0.3) is 0 Å². The first-order chi connectivity index (χ1) is 10.6. The largest absolute Gasteiger partial charge is 0.354 e. The number of rotatable bonds is 4. The minimum atomic E-state index is -0.361. The van der Waals surface area contributed by atoms with Crippen molar-refractivity contribution >= 4 is 35.8 Å². The van der Waals surface area contributed by atoms with Gasteiger partial charge in [0.2, 0.25) is 0 Å². The molecule has 1 heterocycles. The number of aliphatic imine (C=N–C) groups is 1. The normalized spacial score (nSPS) is 14.4. The minimum Gasteiger partial charge on any atom is -0.354 e. The van der Waals surface area contributed by atoms with E-state index in [2.05, 4.69) is 20.5 Å². The number of hydrogen-bond acceptors (Lipinski definition) is 2. The van der Waals surface area contributed by atoms with E-state index in [9.17, 15) is 9.18 Å². The third kappa shape index (κ3) is 5.63. The summed E-state index contributed by atoms with van der Waals surface area (Å²) in [6.45, 7) is 4.76. The molecule has 1 aliphatic heterocycles. The molecule has 0 aromatic heterocycles. The molecule has 0 bridgehead atoms. The zero-order valence-electron chi connectivity index (χ0n) is 13.6. The molecule has 23 heavy (non-hydrogen) atoms. The van der Waals surface area contributed by atoms with Crippen molar-refractivity contribution in [3.63, 3.8) is 0 Å². The lowest BCUT2D eigenvalue weighted by molar-refractivity contribution is 0.0954. The van der Waals surface area contributed by atoms with Crippen molar-refractivity contribution in [2.45, 2.75) is 19.8 Å². The first-order valence-corrected chi connectivity index (χ1v) is 7.62. The fourth-order valence-corrected chi connectivity index (χ4v) is 2.45. The number of benzene rings is 1. The highest BCUT2D eigenvalue weighted by molar-refractivity contribution is 14.0. The average molecular weight is 434 g/mol. The lowest BCUT2D eigenvalue weighted by atomic mass is 10.1. The Balaban J connectivity index is 0.00000264. The topological polar surface area (TPSA) is 56.7 Å². The number of halogens is 2. The van der Waals surface area contributed by atoms with Crippen molar-refractivity contribution in [1.82, 2.24) is 15.5 Å². The summed E-state index contributed by atoms with van der Waals surface area (Å²) in [5, 5.41) is 6.00. The van der Waals surface area contributed by atoms with Crippen LogP contribution in [0.4, 0.5) is 4.39 Å². The van der Waals surface area contributed by atoms with Gasteiger partial charge in [0.1, 0.15) is 5.82 Å². The number of guanidine groups is 1. The van der Waals surface area contributed by atoms with E-state index in [0.717, 1.165) is 19.0 Å². The molecule has 0 saturated carbocycles. The van der Waals surface area contributed by atoms with E-state index in [1.54, 1.807) is 26.1 Å². The van der Waals surface area contributed by atoms with Crippen molar-refractivity contribution in [2.24, 2.45) is 4.99 Å². The number of likely N-dealkylation sites (tertiary alicyclic amines) is 1. The molecule has 2 rings (SSSR count). The van der Waals surface area contributed by atoms with Crippen molar-refractivity contribution in [2.75, 3.05) is 33.2 Å². The van der Waals surface area contributed by atoms with Gasteiger partial charge < -0.3 is 15.5 Å². The van der Waals surface area contributed by atoms with Gasteiger partial charge in [0.15, 0.2) is 5.96 Å². The summed E-state index contributed by atoms with van der Waals surface area (Å²) in [6.07, 6.45) is 2.38. The summed E-state index contributed by atoms with van der Waals surface area (Å²) in [4.78, 5) is 18.4. The summed E-state index contributed by atoms with van der Waals surface area (Å²) in [7, 11) is 1.76. The van der Waals surface area contributed by atoms with Gasteiger partial charge in [0, 0.05) is 38.8 Å². The Bertz CT molecular complexity index is 559. The van der Waals surface area contributed by atoms with E-state index < -0.39 is 0 Å². The van der Waals surface area contributed by atoms with Crippen molar-refractivity contribution in [3.8, 4) is 0 Å². The van der Waals surface area contributed by atoms with Gasteiger partial charge in [-0.05, 0) is 37.5 Å². The molecular weight excluding hydrogens is 410 g/mol. The molecule has 1 aliphatic rings. The monoisotopic (exact) mass is 434 g/mol. The molecule has 0 aliphatic carbocycles. The molecule has 0 atom stereocenters. The summed E-state index contributed by atoms with van der Waals surface area (Å²) in [6, 6.07) is 4.50. The first-order valence-electron chi connectivity index (χ1n) is 7.62. The molecule has 1 aromatic carbocycles. The van der Waals surface area contributed by atoms with Gasteiger partial charge >= 0.3 is 0 Å². The number of nitrogens with zero attached hydrogens (tertiary/aromatic N) is 2. The quantitative estimate of drug-likeness (QED) is 0.331. The van der Waals surface area contributed by atoms with E-state index in [4.69, 9.17) is 0 Å². The number of carbonyl (C=O) groups is 1. The predicted molar refractivity (Wildman–Crippen MR) is 101 cm³/mol. The van der Waals surface area contributed by atoms with Crippen LogP contribution in [0, 0.1) is 12.7 Å². The molecule has 1 amide bonds. The number of nitrogens with one attached hydrogen (secondary N) is 2. The molecule has 1 aromatic rings. The first kappa shape index (κ1) is 19.7. The van der Waals surface area contributed by atoms with Gasteiger partial charge in [-0.1, -0.05) is 6.07 Å². The number of amides is 1. The number of carbonyl (C=O) groups excluding carboxylic acids is 1. The fourth-order valence-electron chi connectivity index (χ4n) is 2.45. The highest BCUT2D eigenvalue weighted by Gasteiger charge is 2.15. The smallest absolute Gasteiger partial charge is 0.251 e. The highest BCUT2D eigenvalue weighted by atomic mass is 127. The van der Waals surface area contributed by atoms with E-state index in [0.29, 0.717) is 24.2 Å². The Hall–Kier alpha value is -1.38. The third-order valence-electron chi connectivity index (χ3n) is 3.75. The van der Waals surface area contributed by atoms with Gasteiger partial charge in [0.25, 0.3) is 5.91 Å². The Morgan fingerprint density at radius 3 is 2.52 bits per heavy atom. The Kier molecular flexibility index (Phi) is 8.29. The molecule has 128 valence electrons. The van der Waals surface area contributed by atoms with Crippen LogP contribution in [0.2, 0.25) is 0 Å². The van der Waals surface area contributed by atoms with Crippen LogP contribution in [-0.4, -0.2) is 50.0 Å². The molecular formula is C16H24FIN4O. The maximum absolute atomic E-state index is 13.4. The second-order valence-electron chi connectivity index (χ2n) is 5.39. The molecule has 0 unspecified atom stereocenters. The van der Waals surface area contributed by atoms with Gasteiger partial charge in [-0.2, -0.15) is 0 Å². The Labute approximate surface area is 153 Å². The second kappa shape index (κ2) is 9.69. The molecule has 7 heteroatoms. The number of aryl methyl sites for hydroxylation is 1. The van der Waals surface area contributed by atoms with E-state index in [-0.39, 0.29) is 35.7 Å². The van der Waals surface area contributed by atoms with Crippen LogP contribution in [0.1, 0.15) is 28.8 Å². The highest BCUT2D eigenvalue weighted by Crippen LogP contribution is 2.09. The van der Waals surface area contributed by atoms with E-state index in [1.807, 2.05) is 0 Å². The van der Waals surface area contributed by atoms with E-state index in [1.165, 1.54) is 18.9 Å². The van der Waals surface area contributed by atoms with Gasteiger partial charge in [-0.25, -0.2) is 4.39 Å². The zero-order valence-corrected chi connectivity index (χ0v) is 15.9. The molecule has 5 nitrogen and oxygen atoms in total. The Morgan fingerprint density at radius 2 is 1.91 bits per heavy atom. The summed E-state index contributed by atoms with van der Waals surface area (Å²) >= 11 is 0. The Morgan fingerprint density at radius 1 is 1.26 bits per heavy atom. The number of hydrogen-bond donors (Lipinski definition) is 2. The standard InChI is InChI=1S/C16H23FN4O.HI/c1-12-5-6-13(11-14(12)17)15(22)19-7-8-20-16(18-2)21-9-3-4-10-21;/h5-6,11H,3-4,7-10H2,1-2H3,(H,18,20)(H,19,22);1H. The van der Waals surface area contributed by atoms with Gasteiger partial charge in [-0.15, -0.1) is 24.0 Å². The second-order valence-corrected chi connectivity index (χ2v) is 5.39. The lowest BCUT2D eigenvalue weighted by Crippen LogP contribution is -2.43. The van der Waals surface area contributed by atoms with Crippen LogP contribution in [0.15, 0.2) is 23.2 Å². The van der Waals surface area contributed by atoms with Crippen LogP contribution in [-0.2, 0) is 0 Å². The molecule has 0 radical (unpaired) electrons.